The molecule has 0 saturated carbocycles. The largest absolute Gasteiger partial charge is 0.358 e. The molecular formula is C22H22FN3O2S. The lowest BCUT2D eigenvalue weighted by Crippen LogP contribution is -2.39. The fourth-order valence-corrected chi connectivity index (χ4v) is 4.23. The summed E-state index contributed by atoms with van der Waals surface area (Å²) in [5.41, 5.74) is 3.25. The van der Waals surface area contributed by atoms with E-state index in [0.29, 0.717) is 30.6 Å². The van der Waals surface area contributed by atoms with E-state index in [9.17, 15) is 14.0 Å². The summed E-state index contributed by atoms with van der Waals surface area (Å²) in [5.74, 6) is -0.649. The highest BCUT2D eigenvalue weighted by molar-refractivity contribution is 7.98. The molecule has 1 aliphatic heterocycles. The Hall–Kier alpha value is -2.64. The summed E-state index contributed by atoms with van der Waals surface area (Å²) in [6.45, 7) is 3.01. The van der Waals surface area contributed by atoms with E-state index in [2.05, 4.69) is 10.3 Å². The number of pyridine rings is 1. The number of aromatic amines is 1. The molecule has 7 heteroatoms. The molecule has 0 radical (unpaired) electrons. The minimum atomic E-state index is -0.516. The van der Waals surface area contributed by atoms with E-state index in [1.165, 1.54) is 6.07 Å². The Bertz CT molecular complexity index is 1160. The van der Waals surface area contributed by atoms with Crippen LogP contribution in [0.15, 0.2) is 46.1 Å². The molecule has 0 spiro atoms. The van der Waals surface area contributed by atoms with Gasteiger partial charge in [0.1, 0.15) is 5.82 Å². The van der Waals surface area contributed by atoms with Crippen LogP contribution in [0.1, 0.15) is 16.8 Å². The molecule has 0 aliphatic carbocycles. The van der Waals surface area contributed by atoms with Gasteiger partial charge in [0.05, 0.1) is 17.4 Å². The van der Waals surface area contributed by atoms with Crippen LogP contribution >= 0.6 is 11.8 Å². The van der Waals surface area contributed by atoms with E-state index in [1.54, 1.807) is 17.8 Å². The molecule has 29 heavy (non-hydrogen) atoms. The molecule has 2 N–H and O–H groups in total. The highest BCUT2D eigenvalue weighted by atomic mass is 32.2. The molecule has 3 aromatic rings. The average molecular weight is 412 g/mol. The van der Waals surface area contributed by atoms with E-state index in [0.717, 1.165) is 21.8 Å². The predicted molar refractivity (Wildman–Crippen MR) is 115 cm³/mol. The zero-order valence-electron chi connectivity index (χ0n) is 16.3. The molecule has 1 aromatic heterocycles. The van der Waals surface area contributed by atoms with Crippen LogP contribution in [-0.2, 0) is 17.8 Å². The zero-order chi connectivity index (χ0) is 20.5. The van der Waals surface area contributed by atoms with Crippen molar-refractivity contribution in [1.82, 2.24) is 9.88 Å². The number of fused-ring (bicyclic) bond motifs is 2. The number of aryl methyl sites for hydroxylation is 1. The smallest absolute Gasteiger partial charge is 0.238 e. The van der Waals surface area contributed by atoms with Gasteiger partial charge in [0, 0.05) is 41.4 Å². The summed E-state index contributed by atoms with van der Waals surface area (Å²) in [6.07, 6.45) is 2.60. The highest BCUT2D eigenvalue weighted by Crippen LogP contribution is 2.23. The third-order valence-corrected chi connectivity index (χ3v) is 6.01. The van der Waals surface area contributed by atoms with E-state index in [-0.39, 0.29) is 23.3 Å². The molecule has 2 aromatic carbocycles. The van der Waals surface area contributed by atoms with Crippen molar-refractivity contribution >= 4 is 34.3 Å². The normalized spacial score (nSPS) is 14.0. The number of carbonyl (C=O) groups excluding carboxylic acids is 1. The second kappa shape index (κ2) is 8.00. The van der Waals surface area contributed by atoms with Gasteiger partial charge in [0.15, 0.2) is 5.43 Å². The Morgan fingerprint density at radius 1 is 1.31 bits per heavy atom. The van der Waals surface area contributed by atoms with Crippen LogP contribution in [0.4, 0.5) is 10.1 Å². The van der Waals surface area contributed by atoms with Gasteiger partial charge in [-0.1, -0.05) is 12.1 Å². The molecule has 0 unspecified atom stereocenters. The van der Waals surface area contributed by atoms with Crippen molar-refractivity contribution in [2.24, 2.45) is 0 Å². The van der Waals surface area contributed by atoms with Gasteiger partial charge in [0.25, 0.3) is 0 Å². The first-order chi connectivity index (χ1) is 14.0. The maximum absolute atomic E-state index is 14.3. The van der Waals surface area contributed by atoms with Crippen molar-refractivity contribution in [3.63, 3.8) is 0 Å². The van der Waals surface area contributed by atoms with Crippen molar-refractivity contribution in [3.05, 3.63) is 69.3 Å². The van der Waals surface area contributed by atoms with Crippen molar-refractivity contribution < 1.29 is 9.18 Å². The number of carbonyl (C=O) groups is 1. The van der Waals surface area contributed by atoms with Crippen molar-refractivity contribution in [3.8, 4) is 0 Å². The number of hydrogen-bond donors (Lipinski definition) is 2. The molecule has 150 valence electrons. The second-order valence-electron chi connectivity index (χ2n) is 7.27. The quantitative estimate of drug-likeness (QED) is 0.643. The fourth-order valence-electron chi connectivity index (χ4n) is 3.77. The molecule has 1 aliphatic rings. The van der Waals surface area contributed by atoms with Crippen LogP contribution in [0.25, 0.3) is 10.9 Å². The first-order valence-corrected chi connectivity index (χ1v) is 10.7. The van der Waals surface area contributed by atoms with E-state index < -0.39 is 5.82 Å². The lowest BCUT2D eigenvalue weighted by molar-refractivity contribution is -0.117. The monoisotopic (exact) mass is 411 g/mol. The third kappa shape index (κ3) is 3.93. The van der Waals surface area contributed by atoms with Crippen LogP contribution in [-0.4, -0.2) is 35.1 Å². The molecule has 0 atom stereocenters. The number of rotatable bonds is 4. The molecule has 2 heterocycles. The maximum atomic E-state index is 14.3. The van der Waals surface area contributed by atoms with Gasteiger partial charge in [-0.2, -0.15) is 0 Å². The average Bonchev–Trinajstić information content (AvgIpc) is 2.71. The Labute approximate surface area is 172 Å². The van der Waals surface area contributed by atoms with Crippen molar-refractivity contribution in [2.75, 3.05) is 24.7 Å². The summed E-state index contributed by atoms with van der Waals surface area (Å²) in [6, 6.07) is 10.7. The maximum Gasteiger partial charge on any atom is 0.238 e. The van der Waals surface area contributed by atoms with Crippen LogP contribution in [0.3, 0.4) is 0 Å². The van der Waals surface area contributed by atoms with Crippen LogP contribution in [0.5, 0.6) is 0 Å². The number of amides is 1. The van der Waals surface area contributed by atoms with Crippen molar-refractivity contribution in [1.29, 1.82) is 0 Å². The summed E-state index contributed by atoms with van der Waals surface area (Å²) in [4.78, 5) is 31.7. The van der Waals surface area contributed by atoms with E-state index in [1.807, 2.05) is 42.3 Å². The standard InChI is InChI=1S/C22H22FN3O2S/c1-13-6-7-17(23)20-21(13)25-18-8-9-26(11-16(18)22(20)28)12-19(27)24-14-4-3-5-15(10-14)29-2/h3-7,10H,8-9,11-12H2,1-2H3,(H,24,27)(H,25,28). The highest BCUT2D eigenvalue weighted by Gasteiger charge is 2.24. The number of benzene rings is 2. The Balaban J connectivity index is 1.54. The predicted octanol–water partition coefficient (Wildman–Crippen LogP) is 3.69. The van der Waals surface area contributed by atoms with Gasteiger partial charge in [0.2, 0.25) is 5.91 Å². The topological polar surface area (TPSA) is 65.2 Å². The van der Waals surface area contributed by atoms with Crippen LogP contribution in [0, 0.1) is 12.7 Å². The Morgan fingerprint density at radius 3 is 2.93 bits per heavy atom. The first kappa shape index (κ1) is 19.7. The zero-order valence-corrected chi connectivity index (χ0v) is 17.2. The van der Waals surface area contributed by atoms with Gasteiger partial charge in [-0.3, -0.25) is 14.5 Å². The number of nitrogens with one attached hydrogen (secondary N) is 2. The third-order valence-electron chi connectivity index (χ3n) is 5.28. The number of hydrogen-bond acceptors (Lipinski definition) is 4. The van der Waals surface area contributed by atoms with Gasteiger partial charge in [-0.15, -0.1) is 11.8 Å². The summed E-state index contributed by atoms with van der Waals surface area (Å²) in [5, 5.41) is 3.01. The number of nitrogens with zero attached hydrogens (tertiary/aromatic N) is 1. The minimum Gasteiger partial charge on any atom is -0.358 e. The molecular weight excluding hydrogens is 389 g/mol. The number of halogens is 1. The summed E-state index contributed by atoms with van der Waals surface area (Å²) in [7, 11) is 0. The number of H-pyrrole nitrogens is 1. The number of anilines is 1. The summed E-state index contributed by atoms with van der Waals surface area (Å²) < 4.78 is 14.3. The Kier molecular flexibility index (Phi) is 5.43. The second-order valence-corrected chi connectivity index (χ2v) is 8.15. The molecule has 5 nitrogen and oxygen atoms in total. The van der Waals surface area contributed by atoms with Gasteiger partial charge >= 0.3 is 0 Å². The van der Waals surface area contributed by atoms with Gasteiger partial charge in [-0.25, -0.2) is 4.39 Å². The SMILES string of the molecule is CSc1cccc(NC(=O)CN2CCc3[nH]c4c(C)ccc(F)c4c(=O)c3C2)c1. The lowest BCUT2D eigenvalue weighted by Gasteiger charge is -2.28. The van der Waals surface area contributed by atoms with E-state index >= 15 is 0 Å². The van der Waals surface area contributed by atoms with Gasteiger partial charge < -0.3 is 10.3 Å². The molecule has 0 bridgehead atoms. The van der Waals surface area contributed by atoms with Crippen LogP contribution in [0.2, 0.25) is 0 Å². The van der Waals surface area contributed by atoms with Crippen LogP contribution < -0.4 is 10.7 Å². The molecule has 4 rings (SSSR count). The molecule has 1 amide bonds. The minimum absolute atomic E-state index is 0.101. The number of thioether (sulfide) groups is 1. The van der Waals surface area contributed by atoms with Gasteiger partial charge in [-0.05, 0) is 43.0 Å². The summed E-state index contributed by atoms with van der Waals surface area (Å²) >= 11 is 1.61. The van der Waals surface area contributed by atoms with Crippen molar-refractivity contribution in [2.45, 2.75) is 24.8 Å². The fraction of sp³-hybridized carbons (Fsp3) is 0.273. The first-order valence-electron chi connectivity index (χ1n) is 9.45. The Morgan fingerprint density at radius 2 is 2.14 bits per heavy atom. The molecule has 0 saturated heterocycles. The number of aromatic nitrogens is 1. The lowest BCUT2D eigenvalue weighted by atomic mass is 10.0. The molecule has 0 fully saturated rings. The van der Waals surface area contributed by atoms with E-state index in [4.69, 9.17) is 0 Å².